The minimum Gasteiger partial charge on any atom is -0.376 e. The smallest absolute Gasteiger partial charge is 0.230 e. The topological polar surface area (TPSA) is 93.2 Å². The number of nitrogens with one attached hydrogen (secondary N) is 2. The first-order valence-corrected chi connectivity index (χ1v) is 10.7. The van der Waals surface area contributed by atoms with E-state index in [0.717, 1.165) is 45.1 Å². The highest BCUT2D eigenvalue weighted by Gasteiger charge is 2.22. The fourth-order valence-corrected chi connectivity index (χ4v) is 4.69. The van der Waals surface area contributed by atoms with Gasteiger partial charge in [-0.25, -0.2) is 0 Å². The molecule has 0 bridgehead atoms. The van der Waals surface area contributed by atoms with Gasteiger partial charge >= 0.3 is 0 Å². The van der Waals surface area contributed by atoms with E-state index in [1.165, 1.54) is 29.5 Å². The van der Waals surface area contributed by atoms with Crippen LogP contribution in [-0.4, -0.2) is 47.0 Å². The summed E-state index contributed by atoms with van der Waals surface area (Å²) < 4.78 is 6.16. The van der Waals surface area contributed by atoms with E-state index in [4.69, 9.17) is 4.74 Å². The van der Waals surface area contributed by atoms with Crippen molar-refractivity contribution in [2.45, 2.75) is 55.4 Å². The Morgan fingerprint density at radius 1 is 1.16 bits per heavy atom. The average Bonchev–Trinajstić information content (AvgIpc) is 3.31. The van der Waals surface area contributed by atoms with Crippen LogP contribution in [0.1, 0.15) is 44.9 Å². The lowest BCUT2D eigenvalue weighted by Gasteiger charge is -2.19. The van der Waals surface area contributed by atoms with Crippen molar-refractivity contribution in [3.63, 3.8) is 0 Å². The van der Waals surface area contributed by atoms with Crippen LogP contribution in [0.5, 0.6) is 0 Å². The summed E-state index contributed by atoms with van der Waals surface area (Å²) in [6, 6.07) is 0. The molecule has 1 aliphatic heterocycles. The Balaban J connectivity index is 1.37. The van der Waals surface area contributed by atoms with Gasteiger partial charge in [-0.05, 0) is 25.7 Å². The summed E-state index contributed by atoms with van der Waals surface area (Å²) in [6.45, 7) is 1.35. The third-order valence-corrected chi connectivity index (χ3v) is 6.46. The van der Waals surface area contributed by atoms with E-state index in [1.807, 2.05) is 0 Å². The number of carbonyl (C=O) groups excluding carboxylic acids is 2. The molecular formula is C16H24N4O3S2. The Kier molecular flexibility index (Phi) is 7.06. The molecule has 1 atom stereocenters. The summed E-state index contributed by atoms with van der Waals surface area (Å²) in [5.74, 6) is 0.389. The number of aromatic nitrogens is 2. The van der Waals surface area contributed by atoms with Gasteiger partial charge in [0.05, 0.1) is 11.9 Å². The Hall–Kier alpha value is -1.19. The number of hydrogen-bond donors (Lipinski definition) is 2. The molecule has 3 rings (SSSR count). The summed E-state index contributed by atoms with van der Waals surface area (Å²) in [5.41, 5.74) is 0. The molecule has 7 nitrogen and oxygen atoms in total. The number of hydrogen-bond acceptors (Lipinski definition) is 7. The molecular weight excluding hydrogens is 360 g/mol. The minimum atomic E-state index is -0.0384. The first-order valence-electron chi connectivity index (χ1n) is 8.86. The van der Waals surface area contributed by atoms with Crippen LogP contribution in [0.2, 0.25) is 0 Å². The summed E-state index contributed by atoms with van der Waals surface area (Å²) in [5, 5.41) is 14.3. The maximum absolute atomic E-state index is 12.2. The van der Waals surface area contributed by atoms with Gasteiger partial charge in [-0.2, -0.15) is 0 Å². The van der Waals surface area contributed by atoms with E-state index >= 15 is 0 Å². The second-order valence-electron chi connectivity index (χ2n) is 6.43. The van der Waals surface area contributed by atoms with Gasteiger partial charge in [0, 0.05) is 19.1 Å². The zero-order valence-electron chi connectivity index (χ0n) is 14.2. The van der Waals surface area contributed by atoms with Crippen molar-refractivity contribution in [2.75, 3.05) is 24.2 Å². The third-order valence-electron chi connectivity index (χ3n) is 4.49. The Labute approximate surface area is 155 Å². The molecule has 2 N–H and O–H groups in total. The highest BCUT2D eigenvalue weighted by molar-refractivity contribution is 8.01. The molecule has 1 saturated heterocycles. The minimum absolute atomic E-state index is 0.0384. The molecule has 138 valence electrons. The number of rotatable bonds is 7. The predicted octanol–water partition coefficient (Wildman–Crippen LogP) is 2.44. The van der Waals surface area contributed by atoms with Gasteiger partial charge in [-0.1, -0.05) is 42.4 Å². The zero-order chi connectivity index (χ0) is 17.5. The number of ether oxygens (including phenoxy) is 1. The summed E-state index contributed by atoms with van der Waals surface area (Å²) in [4.78, 5) is 24.1. The second-order valence-corrected chi connectivity index (χ2v) is 8.63. The second kappa shape index (κ2) is 9.49. The van der Waals surface area contributed by atoms with Gasteiger partial charge in [-0.3, -0.25) is 9.59 Å². The fourth-order valence-electron chi connectivity index (χ4n) is 3.10. The van der Waals surface area contributed by atoms with Crippen molar-refractivity contribution in [1.29, 1.82) is 0 Å². The van der Waals surface area contributed by atoms with Gasteiger partial charge < -0.3 is 15.4 Å². The Morgan fingerprint density at radius 3 is 2.76 bits per heavy atom. The molecule has 2 aliphatic rings. The van der Waals surface area contributed by atoms with Crippen molar-refractivity contribution >= 4 is 40.0 Å². The number of thioether (sulfide) groups is 1. The third kappa shape index (κ3) is 5.93. The monoisotopic (exact) mass is 384 g/mol. The first kappa shape index (κ1) is 18.6. The average molecular weight is 385 g/mol. The van der Waals surface area contributed by atoms with Crippen molar-refractivity contribution < 1.29 is 14.3 Å². The molecule has 1 unspecified atom stereocenters. The Bertz CT molecular complexity index is 584. The van der Waals surface area contributed by atoms with Crippen molar-refractivity contribution in [1.82, 2.24) is 15.5 Å². The number of carbonyl (C=O) groups is 2. The standard InChI is InChI=1S/C16H24N4O3S2/c21-13(17-9-12-7-4-8-23-12)10-24-16-20-19-15(25-16)18-14(22)11-5-2-1-3-6-11/h11-12H,1-10H2,(H,17,21)(H,18,19,22). The summed E-state index contributed by atoms with van der Waals surface area (Å²) in [6.07, 6.45) is 7.60. The maximum Gasteiger partial charge on any atom is 0.230 e. The first-order chi connectivity index (χ1) is 12.2. The summed E-state index contributed by atoms with van der Waals surface area (Å²) >= 11 is 2.65. The number of anilines is 1. The molecule has 1 aromatic rings. The van der Waals surface area contributed by atoms with Crippen LogP contribution < -0.4 is 10.6 Å². The summed E-state index contributed by atoms with van der Waals surface area (Å²) in [7, 11) is 0. The van der Waals surface area contributed by atoms with Crippen LogP contribution in [0.4, 0.5) is 5.13 Å². The van der Waals surface area contributed by atoms with E-state index < -0.39 is 0 Å². The van der Waals surface area contributed by atoms with Gasteiger partial charge in [0.15, 0.2) is 4.34 Å². The lowest BCUT2D eigenvalue weighted by Crippen LogP contribution is -2.32. The van der Waals surface area contributed by atoms with Gasteiger partial charge in [-0.15, -0.1) is 10.2 Å². The van der Waals surface area contributed by atoms with Gasteiger partial charge in [0.2, 0.25) is 16.9 Å². The van der Waals surface area contributed by atoms with E-state index in [1.54, 1.807) is 0 Å². The maximum atomic E-state index is 12.2. The number of amides is 2. The molecule has 0 radical (unpaired) electrons. The van der Waals surface area contributed by atoms with Crippen LogP contribution in [-0.2, 0) is 14.3 Å². The zero-order valence-corrected chi connectivity index (χ0v) is 15.8. The lowest BCUT2D eigenvalue weighted by atomic mass is 9.89. The quantitative estimate of drug-likeness (QED) is 0.554. The van der Waals surface area contributed by atoms with E-state index in [0.29, 0.717) is 16.0 Å². The predicted molar refractivity (Wildman–Crippen MR) is 97.8 cm³/mol. The lowest BCUT2D eigenvalue weighted by molar-refractivity contribution is -0.121. The molecule has 1 aliphatic carbocycles. The largest absolute Gasteiger partial charge is 0.376 e. The van der Waals surface area contributed by atoms with Crippen molar-refractivity contribution in [2.24, 2.45) is 5.92 Å². The van der Waals surface area contributed by atoms with E-state index in [-0.39, 0.29) is 29.6 Å². The highest BCUT2D eigenvalue weighted by Crippen LogP contribution is 2.28. The van der Waals surface area contributed by atoms with Crippen LogP contribution in [0, 0.1) is 5.92 Å². The molecule has 2 amide bonds. The molecule has 2 heterocycles. The molecule has 1 saturated carbocycles. The van der Waals surface area contributed by atoms with Crippen LogP contribution in [0.3, 0.4) is 0 Å². The number of nitrogens with zero attached hydrogens (tertiary/aromatic N) is 2. The van der Waals surface area contributed by atoms with Crippen molar-refractivity contribution in [3.8, 4) is 0 Å². The van der Waals surface area contributed by atoms with Gasteiger partial charge in [0.25, 0.3) is 0 Å². The molecule has 9 heteroatoms. The molecule has 0 aromatic carbocycles. The molecule has 25 heavy (non-hydrogen) atoms. The molecule has 2 fully saturated rings. The van der Waals surface area contributed by atoms with Crippen LogP contribution in [0.25, 0.3) is 0 Å². The van der Waals surface area contributed by atoms with Gasteiger partial charge in [0.1, 0.15) is 0 Å². The van der Waals surface area contributed by atoms with E-state index in [9.17, 15) is 9.59 Å². The van der Waals surface area contributed by atoms with E-state index in [2.05, 4.69) is 20.8 Å². The molecule has 0 spiro atoms. The normalized spacial score (nSPS) is 21.2. The van der Waals surface area contributed by atoms with Crippen molar-refractivity contribution in [3.05, 3.63) is 0 Å². The molecule has 1 aromatic heterocycles. The highest BCUT2D eigenvalue weighted by atomic mass is 32.2. The Morgan fingerprint density at radius 2 is 2.00 bits per heavy atom. The SMILES string of the molecule is O=C(CSc1nnc(NC(=O)C2CCCCC2)s1)NCC1CCCO1. The fraction of sp³-hybridized carbons (Fsp3) is 0.750. The van der Waals surface area contributed by atoms with Crippen LogP contribution >= 0.6 is 23.1 Å². The van der Waals surface area contributed by atoms with Crippen LogP contribution in [0.15, 0.2) is 4.34 Å².